The van der Waals surface area contributed by atoms with Gasteiger partial charge in [-0.2, -0.15) is 0 Å². The van der Waals surface area contributed by atoms with Crippen LogP contribution in [-0.4, -0.2) is 45.1 Å². The first-order chi connectivity index (χ1) is 10.3. The number of hydrogen-bond acceptors (Lipinski definition) is 4. The molecule has 1 aliphatic heterocycles. The van der Waals surface area contributed by atoms with Crippen molar-refractivity contribution in [2.24, 2.45) is 7.05 Å². The Morgan fingerprint density at radius 2 is 1.95 bits per heavy atom. The zero-order valence-corrected chi connectivity index (χ0v) is 13.5. The fraction of sp³-hybridized carbons (Fsp3) is 0.875. The van der Waals surface area contributed by atoms with E-state index in [4.69, 9.17) is 0 Å². The van der Waals surface area contributed by atoms with Crippen LogP contribution in [0.25, 0.3) is 0 Å². The molecule has 2 heterocycles. The van der Waals surface area contributed by atoms with E-state index in [1.807, 2.05) is 17.9 Å². The summed E-state index contributed by atoms with van der Waals surface area (Å²) in [5.74, 6) is 0. The number of nitrogens with zero attached hydrogens (tertiary/aromatic N) is 4. The Morgan fingerprint density at radius 1 is 1.24 bits per heavy atom. The molecule has 1 aromatic heterocycles. The van der Waals surface area contributed by atoms with Gasteiger partial charge in [-0.3, -0.25) is 9.58 Å². The van der Waals surface area contributed by atoms with Crippen LogP contribution in [0.1, 0.15) is 63.6 Å². The van der Waals surface area contributed by atoms with Crippen molar-refractivity contribution >= 4 is 0 Å². The van der Waals surface area contributed by atoms with Crippen LogP contribution in [0.5, 0.6) is 0 Å². The first-order valence-corrected chi connectivity index (χ1v) is 8.61. The Morgan fingerprint density at radius 3 is 2.52 bits per heavy atom. The van der Waals surface area contributed by atoms with Gasteiger partial charge in [0.2, 0.25) is 0 Å². The zero-order chi connectivity index (χ0) is 14.7. The number of aryl methyl sites for hydroxylation is 1. The van der Waals surface area contributed by atoms with Crippen molar-refractivity contribution in [2.75, 3.05) is 19.6 Å². The van der Waals surface area contributed by atoms with Crippen LogP contribution in [0, 0.1) is 0 Å². The second-order valence-corrected chi connectivity index (χ2v) is 6.67. The van der Waals surface area contributed by atoms with Gasteiger partial charge in [-0.1, -0.05) is 25.0 Å². The first kappa shape index (κ1) is 15.0. The van der Waals surface area contributed by atoms with E-state index >= 15 is 0 Å². The lowest BCUT2D eigenvalue weighted by molar-refractivity contribution is 0.0731. The molecule has 5 nitrogen and oxygen atoms in total. The van der Waals surface area contributed by atoms with Gasteiger partial charge in [0, 0.05) is 12.6 Å². The highest BCUT2D eigenvalue weighted by Gasteiger charge is 2.48. The van der Waals surface area contributed by atoms with Crippen LogP contribution >= 0.6 is 0 Å². The fourth-order valence-electron chi connectivity index (χ4n) is 4.35. The molecule has 0 radical (unpaired) electrons. The maximum absolute atomic E-state index is 4.18. The minimum absolute atomic E-state index is 0.279. The lowest BCUT2D eigenvalue weighted by Gasteiger charge is -2.45. The highest BCUT2D eigenvalue weighted by Crippen LogP contribution is 2.45. The lowest BCUT2D eigenvalue weighted by atomic mass is 9.84. The van der Waals surface area contributed by atoms with E-state index in [-0.39, 0.29) is 5.54 Å². The molecule has 2 fully saturated rings. The maximum atomic E-state index is 4.18. The van der Waals surface area contributed by atoms with Crippen LogP contribution in [0.2, 0.25) is 0 Å². The maximum Gasteiger partial charge on any atom is 0.0772 e. The zero-order valence-electron chi connectivity index (χ0n) is 13.5. The minimum Gasteiger partial charge on any atom is -0.307 e. The Labute approximate surface area is 128 Å². The normalized spacial score (nSPS) is 23.7. The third-order valence-corrected chi connectivity index (χ3v) is 5.39. The Kier molecular flexibility index (Phi) is 4.60. The van der Waals surface area contributed by atoms with E-state index in [0.717, 1.165) is 13.0 Å². The van der Waals surface area contributed by atoms with Crippen molar-refractivity contribution in [1.82, 2.24) is 25.2 Å². The molecule has 0 aromatic carbocycles. The molecule has 3 rings (SSSR count). The number of rotatable bonds is 6. The van der Waals surface area contributed by atoms with Gasteiger partial charge in [-0.05, 0) is 51.7 Å². The van der Waals surface area contributed by atoms with E-state index in [0.29, 0.717) is 6.04 Å². The molecule has 0 amide bonds. The fourth-order valence-corrected chi connectivity index (χ4v) is 4.35. The summed E-state index contributed by atoms with van der Waals surface area (Å²) in [5.41, 5.74) is 1.53. The van der Waals surface area contributed by atoms with Crippen molar-refractivity contribution in [3.8, 4) is 0 Å². The number of likely N-dealkylation sites (tertiary alicyclic amines) is 1. The molecule has 0 spiro atoms. The molecule has 1 atom stereocenters. The standard InChI is InChI=1S/C16H29N5/c1-3-10-17-15(14-13-18-19-20(14)2)16(8-4-5-9-16)21-11-6-7-12-21/h13,15,17H,3-12H2,1-2H3. The van der Waals surface area contributed by atoms with Crippen LogP contribution in [0.4, 0.5) is 0 Å². The van der Waals surface area contributed by atoms with Crippen LogP contribution in [-0.2, 0) is 7.05 Å². The van der Waals surface area contributed by atoms with Crippen molar-refractivity contribution in [3.05, 3.63) is 11.9 Å². The average molecular weight is 291 g/mol. The van der Waals surface area contributed by atoms with Gasteiger partial charge in [-0.25, -0.2) is 0 Å². The second kappa shape index (κ2) is 6.44. The Bertz CT molecular complexity index is 443. The molecule has 21 heavy (non-hydrogen) atoms. The molecular weight excluding hydrogens is 262 g/mol. The highest BCUT2D eigenvalue weighted by atomic mass is 15.4. The van der Waals surface area contributed by atoms with Gasteiger partial charge in [-0.15, -0.1) is 5.10 Å². The second-order valence-electron chi connectivity index (χ2n) is 6.67. The molecular formula is C16H29N5. The van der Waals surface area contributed by atoms with Crippen molar-refractivity contribution in [3.63, 3.8) is 0 Å². The summed E-state index contributed by atoms with van der Waals surface area (Å²) in [5, 5.41) is 12.1. The molecule has 1 aromatic rings. The number of hydrogen-bond donors (Lipinski definition) is 1. The monoisotopic (exact) mass is 291 g/mol. The quantitative estimate of drug-likeness (QED) is 0.873. The number of nitrogens with one attached hydrogen (secondary N) is 1. The van der Waals surface area contributed by atoms with Crippen LogP contribution < -0.4 is 5.32 Å². The summed E-state index contributed by atoms with van der Waals surface area (Å²) in [6.45, 7) is 5.82. The molecule has 1 saturated carbocycles. The topological polar surface area (TPSA) is 46.0 Å². The number of aromatic nitrogens is 3. The largest absolute Gasteiger partial charge is 0.307 e. The molecule has 2 aliphatic rings. The van der Waals surface area contributed by atoms with E-state index in [1.165, 1.54) is 57.3 Å². The summed E-state index contributed by atoms with van der Waals surface area (Å²) in [7, 11) is 2.02. The van der Waals surface area contributed by atoms with Gasteiger partial charge >= 0.3 is 0 Å². The lowest BCUT2D eigenvalue weighted by Crippen LogP contribution is -2.54. The van der Waals surface area contributed by atoms with Gasteiger partial charge in [0.25, 0.3) is 0 Å². The van der Waals surface area contributed by atoms with E-state index in [9.17, 15) is 0 Å². The predicted octanol–water partition coefficient (Wildman–Crippen LogP) is 2.26. The van der Waals surface area contributed by atoms with Crippen LogP contribution in [0.3, 0.4) is 0 Å². The molecule has 1 saturated heterocycles. The summed E-state index contributed by atoms with van der Waals surface area (Å²) < 4.78 is 1.96. The average Bonchev–Trinajstić information content (AvgIpc) is 3.20. The molecule has 1 N–H and O–H groups in total. The van der Waals surface area contributed by atoms with Gasteiger partial charge < -0.3 is 5.32 Å². The van der Waals surface area contributed by atoms with E-state index < -0.39 is 0 Å². The molecule has 1 unspecified atom stereocenters. The predicted molar refractivity (Wildman–Crippen MR) is 84.0 cm³/mol. The molecule has 1 aliphatic carbocycles. The highest BCUT2D eigenvalue weighted by molar-refractivity contribution is 5.15. The molecule has 0 bridgehead atoms. The van der Waals surface area contributed by atoms with Gasteiger partial charge in [0.15, 0.2) is 0 Å². The van der Waals surface area contributed by atoms with E-state index in [1.54, 1.807) is 0 Å². The van der Waals surface area contributed by atoms with Crippen molar-refractivity contribution < 1.29 is 0 Å². The van der Waals surface area contributed by atoms with Crippen LogP contribution in [0.15, 0.2) is 6.20 Å². The SMILES string of the molecule is CCCNC(c1cnnn1C)C1(N2CCCC2)CCCC1. The Balaban J connectivity index is 1.93. The van der Waals surface area contributed by atoms with E-state index in [2.05, 4.69) is 27.5 Å². The smallest absolute Gasteiger partial charge is 0.0772 e. The molecule has 118 valence electrons. The summed E-state index contributed by atoms with van der Waals surface area (Å²) in [6, 6.07) is 0.359. The summed E-state index contributed by atoms with van der Waals surface area (Å²) in [6.07, 6.45) is 11.1. The van der Waals surface area contributed by atoms with Crippen molar-refractivity contribution in [1.29, 1.82) is 0 Å². The van der Waals surface area contributed by atoms with Gasteiger partial charge in [0.05, 0.1) is 17.9 Å². The Hall–Kier alpha value is -0.940. The van der Waals surface area contributed by atoms with Crippen molar-refractivity contribution in [2.45, 2.75) is 63.5 Å². The third kappa shape index (κ3) is 2.73. The van der Waals surface area contributed by atoms with Gasteiger partial charge in [0.1, 0.15) is 0 Å². The summed E-state index contributed by atoms with van der Waals surface area (Å²) in [4.78, 5) is 2.76. The summed E-state index contributed by atoms with van der Waals surface area (Å²) >= 11 is 0. The minimum atomic E-state index is 0.279. The first-order valence-electron chi connectivity index (χ1n) is 8.61. The third-order valence-electron chi connectivity index (χ3n) is 5.39. The molecule has 5 heteroatoms.